The first-order chi connectivity index (χ1) is 18.9. The number of benzene rings is 2. The molecule has 204 valence electrons. The Kier molecular flexibility index (Phi) is 7.05. The van der Waals surface area contributed by atoms with Gasteiger partial charge in [0.1, 0.15) is 6.04 Å². The third-order valence-electron chi connectivity index (χ3n) is 8.40. The number of nitrogens with one attached hydrogen (secondary N) is 1. The monoisotopic (exact) mass is 593 g/mol. The Labute approximate surface area is 236 Å². The number of imide groups is 1. The summed E-state index contributed by atoms with van der Waals surface area (Å²) in [5, 5.41) is 2.36. The number of piperidine rings is 2. The highest BCUT2D eigenvalue weighted by Crippen LogP contribution is 2.33. The molecular formula is C29H32BrN5O4. The Morgan fingerprint density at radius 1 is 0.897 bits per heavy atom. The molecule has 0 aromatic heterocycles. The summed E-state index contributed by atoms with van der Waals surface area (Å²) in [7, 11) is 0. The second-order valence-corrected chi connectivity index (χ2v) is 11.8. The number of anilines is 2. The van der Waals surface area contributed by atoms with Gasteiger partial charge in [-0.25, -0.2) is 4.79 Å². The van der Waals surface area contributed by atoms with Gasteiger partial charge < -0.3 is 14.7 Å². The summed E-state index contributed by atoms with van der Waals surface area (Å²) < 4.78 is 0.969. The zero-order valence-corrected chi connectivity index (χ0v) is 23.4. The van der Waals surface area contributed by atoms with Crippen LogP contribution in [0.4, 0.5) is 16.2 Å². The molecule has 0 aliphatic carbocycles. The molecule has 2 aromatic carbocycles. The van der Waals surface area contributed by atoms with Gasteiger partial charge in [0.05, 0.1) is 0 Å². The topological polar surface area (TPSA) is 93.3 Å². The zero-order chi connectivity index (χ0) is 27.1. The molecule has 1 atom stereocenters. The minimum Gasteiger partial charge on any atom is -0.372 e. The van der Waals surface area contributed by atoms with Crippen LogP contribution >= 0.6 is 15.9 Å². The molecule has 2 aromatic rings. The van der Waals surface area contributed by atoms with Crippen molar-refractivity contribution in [3.05, 3.63) is 58.1 Å². The number of nitrogens with zero attached hydrogens (tertiary/aromatic N) is 4. The lowest BCUT2D eigenvalue weighted by Crippen LogP contribution is -2.52. The summed E-state index contributed by atoms with van der Waals surface area (Å²) >= 11 is 3.51. The predicted molar refractivity (Wildman–Crippen MR) is 150 cm³/mol. The molecule has 39 heavy (non-hydrogen) atoms. The van der Waals surface area contributed by atoms with Gasteiger partial charge in [0.15, 0.2) is 0 Å². The minimum atomic E-state index is -0.598. The van der Waals surface area contributed by atoms with Crippen LogP contribution in [0.3, 0.4) is 0 Å². The number of hydrogen-bond acceptors (Lipinski definition) is 5. The van der Waals surface area contributed by atoms with Gasteiger partial charge in [-0.2, -0.15) is 0 Å². The van der Waals surface area contributed by atoms with E-state index in [1.54, 1.807) is 4.90 Å². The SMILES string of the molecule is O=C1CCC(N2Cc3cc(N4CCC(CN5CCCN(c6cccc(Br)c6)C5=O)CC4)ccc3C2=O)C(=O)N1. The van der Waals surface area contributed by atoms with E-state index in [1.165, 1.54) is 0 Å². The van der Waals surface area contributed by atoms with Crippen molar-refractivity contribution in [1.82, 2.24) is 15.1 Å². The van der Waals surface area contributed by atoms with E-state index in [4.69, 9.17) is 0 Å². The molecule has 4 heterocycles. The van der Waals surface area contributed by atoms with Gasteiger partial charge in [-0.15, -0.1) is 0 Å². The predicted octanol–water partition coefficient (Wildman–Crippen LogP) is 3.76. The largest absolute Gasteiger partial charge is 0.372 e. The molecule has 1 unspecified atom stereocenters. The maximum atomic E-state index is 13.3. The van der Waals surface area contributed by atoms with Crippen LogP contribution in [0.15, 0.2) is 46.9 Å². The number of rotatable bonds is 5. The van der Waals surface area contributed by atoms with E-state index in [0.29, 0.717) is 24.4 Å². The summed E-state index contributed by atoms with van der Waals surface area (Å²) in [6.45, 7) is 4.49. The number of halogens is 1. The highest BCUT2D eigenvalue weighted by atomic mass is 79.9. The first-order valence-corrected chi connectivity index (χ1v) is 14.5. The number of carbonyl (C=O) groups excluding carboxylic acids is 4. The first-order valence-electron chi connectivity index (χ1n) is 13.7. The van der Waals surface area contributed by atoms with E-state index >= 15 is 0 Å². The van der Waals surface area contributed by atoms with Crippen LogP contribution in [-0.4, -0.2) is 72.3 Å². The van der Waals surface area contributed by atoms with E-state index in [2.05, 4.69) is 32.2 Å². The minimum absolute atomic E-state index is 0.0886. The summed E-state index contributed by atoms with van der Waals surface area (Å²) in [5.41, 5.74) is 3.58. The third-order valence-corrected chi connectivity index (χ3v) is 8.89. The Morgan fingerprint density at radius 3 is 2.49 bits per heavy atom. The Balaban J connectivity index is 1.06. The van der Waals surface area contributed by atoms with Crippen LogP contribution in [0, 0.1) is 5.92 Å². The van der Waals surface area contributed by atoms with Crippen LogP contribution < -0.4 is 15.1 Å². The van der Waals surface area contributed by atoms with Gasteiger partial charge in [-0.05, 0) is 73.6 Å². The Hall–Kier alpha value is -3.40. The average molecular weight is 595 g/mol. The summed E-state index contributed by atoms with van der Waals surface area (Å²) in [5.74, 6) is -0.362. The van der Waals surface area contributed by atoms with Crippen molar-refractivity contribution in [2.75, 3.05) is 42.5 Å². The third kappa shape index (κ3) is 5.14. The quantitative estimate of drug-likeness (QED) is 0.533. The average Bonchev–Trinajstić information content (AvgIpc) is 3.25. The van der Waals surface area contributed by atoms with Crippen LogP contribution in [0.2, 0.25) is 0 Å². The number of amides is 5. The van der Waals surface area contributed by atoms with Crippen molar-refractivity contribution in [3.63, 3.8) is 0 Å². The summed E-state index contributed by atoms with van der Waals surface area (Å²) in [6.07, 6.45) is 3.58. The maximum absolute atomic E-state index is 13.3. The first kappa shape index (κ1) is 25.9. The normalized spacial score (nSPS) is 22.4. The molecule has 9 nitrogen and oxygen atoms in total. The van der Waals surface area contributed by atoms with E-state index < -0.39 is 6.04 Å². The highest BCUT2D eigenvalue weighted by molar-refractivity contribution is 9.10. The summed E-state index contributed by atoms with van der Waals surface area (Å²) in [6, 6.07) is 13.3. The van der Waals surface area contributed by atoms with Crippen molar-refractivity contribution in [2.24, 2.45) is 5.92 Å². The van der Waals surface area contributed by atoms with E-state index in [-0.39, 0.29) is 30.2 Å². The molecule has 5 amide bonds. The van der Waals surface area contributed by atoms with Crippen LogP contribution in [0.25, 0.3) is 0 Å². The lowest BCUT2D eigenvalue weighted by molar-refractivity contribution is -0.136. The zero-order valence-electron chi connectivity index (χ0n) is 21.8. The van der Waals surface area contributed by atoms with Gasteiger partial charge in [0.25, 0.3) is 5.91 Å². The molecular weight excluding hydrogens is 562 g/mol. The van der Waals surface area contributed by atoms with Gasteiger partial charge in [0.2, 0.25) is 11.8 Å². The molecule has 0 spiro atoms. The molecule has 1 N–H and O–H groups in total. The Bertz CT molecular complexity index is 1320. The fourth-order valence-corrected chi connectivity index (χ4v) is 6.66. The van der Waals surface area contributed by atoms with Gasteiger partial charge in [-0.3, -0.25) is 24.6 Å². The van der Waals surface area contributed by atoms with Gasteiger partial charge in [0, 0.05) is 67.1 Å². The lowest BCUT2D eigenvalue weighted by atomic mass is 9.95. The fraction of sp³-hybridized carbons (Fsp3) is 0.448. The number of hydrogen-bond donors (Lipinski definition) is 1. The highest BCUT2D eigenvalue weighted by Gasteiger charge is 2.39. The smallest absolute Gasteiger partial charge is 0.324 e. The molecule has 4 aliphatic heterocycles. The standard InChI is InChI=1S/C29H32BrN5O4/c30-21-3-1-4-23(16-21)34-12-2-11-33(29(34)39)17-19-9-13-32(14-10-19)22-5-6-24-20(15-22)18-35(28(24)38)25-7-8-26(36)31-27(25)37/h1,3-6,15-16,19,25H,2,7-14,17-18H2,(H,31,36,37). The van der Waals surface area contributed by atoms with Crippen molar-refractivity contribution in [3.8, 4) is 0 Å². The fourth-order valence-electron chi connectivity index (χ4n) is 6.28. The second kappa shape index (κ2) is 10.6. The molecule has 10 heteroatoms. The Morgan fingerprint density at radius 2 is 1.72 bits per heavy atom. The van der Waals surface area contributed by atoms with Crippen molar-refractivity contribution in [1.29, 1.82) is 0 Å². The van der Waals surface area contributed by atoms with E-state index in [9.17, 15) is 19.2 Å². The van der Waals surface area contributed by atoms with Crippen LogP contribution in [0.5, 0.6) is 0 Å². The number of fused-ring (bicyclic) bond motifs is 1. The van der Waals surface area contributed by atoms with Gasteiger partial charge >= 0.3 is 6.03 Å². The van der Waals surface area contributed by atoms with E-state index in [0.717, 1.165) is 73.4 Å². The van der Waals surface area contributed by atoms with Crippen molar-refractivity contribution >= 4 is 51.1 Å². The van der Waals surface area contributed by atoms with Crippen molar-refractivity contribution in [2.45, 2.75) is 44.7 Å². The van der Waals surface area contributed by atoms with Crippen molar-refractivity contribution < 1.29 is 19.2 Å². The number of urea groups is 1. The van der Waals surface area contributed by atoms with E-state index in [1.807, 2.05) is 46.2 Å². The van der Waals surface area contributed by atoms with Crippen LogP contribution in [0.1, 0.15) is 48.0 Å². The molecule has 0 saturated carbocycles. The molecule has 3 saturated heterocycles. The molecule has 6 rings (SSSR count). The lowest BCUT2D eigenvalue weighted by Gasteiger charge is -2.40. The number of carbonyl (C=O) groups is 4. The second-order valence-electron chi connectivity index (χ2n) is 10.9. The summed E-state index contributed by atoms with van der Waals surface area (Å²) in [4.78, 5) is 58.0. The van der Waals surface area contributed by atoms with Crippen LogP contribution in [-0.2, 0) is 16.1 Å². The maximum Gasteiger partial charge on any atom is 0.324 e. The molecule has 3 fully saturated rings. The molecule has 0 bridgehead atoms. The molecule has 4 aliphatic rings. The molecule has 0 radical (unpaired) electrons. The van der Waals surface area contributed by atoms with Gasteiger partial charge in [-0.1, -0.05) is 22.0 Å².